The lowest BCUT2D eigenvalue weighted by atomic mass is 10.1. The molecule has 0 spiro atoms. The van der Waals surface area contributed by atoms with Gasteiger partial charge >= 0.3 is 0 Å². The van der Waals surface area contributed by atoms with Gasteiger partial charge < -0.3 is 4.90 Å². The lowest BCUT2D eigenvalue weighted by molar-refractivity contribution is -0.385. The molecule has 19 heavy (non-hydrogen) atoms. The van der Waals surface area contributed by atoms with E-state index >= 15 is 0 Å². The maximum absolute atomic E-state index is 11.4. The van der Waals surface area contributed by atoms with E-state index in [0.717, 1.165) is 18.7 Å². The molecule has 0 aliphatic heterocycles. The molecular formula is C14H18N2O3. The number of benzene rings is 1. The fraction of sp³-hybridized carbons (Fsp3) is 0.357. The molecule has 0 saturated carbocycles. The zero-order chi connectivity index (χ0) is 14.4. The highest BCUT2D eigenvalue weighted by Crippen LogP contribution is 2.26. The molecular weight excluding hydrogens is 244 g/mol. The van der Waals surface area contributed by atoms with Crippen molar-refractivity contribution >= 4 is 17.2 Å². The van der Waals surface area contributed by atoms with Gasteiger partial charge in [-0.2, -0.15) is 0 Å². The minimum Gasteiger partial charge on any atom is -0.368 e. The lowest BCUT2D eigenvalue weighted by Crippen LogP contribution is -2.24. The second-order valence-electron chi connectivity index (χ2n) is 4.25. The highest BCUT2D eigenvalue weighted by atomic mass is 16.6. The summed E-state index contributed by atoms with van der Waals surface area (Å²) >= 11 is 0. The molecule has 102 valence electrons. The number of ketones is 1. The predicted octanol–water partition coefficient (Wildman–Crippen LogP) is 3.20. The van der Waals surface area contributed by atoms with Gasteiger partial charge in [0.2, 0.25) is 0 Å². The molecule has 0 aliphatic carbocycles. The summed E-state index contributed by atoms with van der Waals surface area (Å²) in [6.45, 7) is 8.44. The van der Waals surface area contributed by atoms with E-state index in [9.17, 15) is 14.9 Å². The van der Waals surface area contributed by atoms with E-state index < -0.39 is 4.92 Å². The van der Waals surface area contributed by atoms with Crippen LogP contribution in [0.4, 0.5) is 11.4 Å². The fourth-order valence-corrected chi connectivity index (χ4v) is 1.92. The maximum atomic E-state index is 11.4. The van der Waals surface area contributed by atoms with Crippen molar-refractivity contribution in [1.29, 1.82) is 0 Å². The summed E-state index contributed by atoms with van der Waals surface area (Å²) in [6, 6.07) is 4.71. The summed E-state index contributed by atoms with van der Waals surface area (Å²) in [5, 5.41) is 11.0. The molecule has 0 radical (unpaired) electrons. The third-order valence-electron chi connectivity index (χ3n) is 2.77. The quantitative estimate of drug-likeness (QED) is 0.327. The molecule has 1 aromatic carbocycles. The molecule has 0 N–H and O–H groups in total. The maximum Gasteiger partial charge on any atom is 0.282 e. The van der Waals surface area contributed by atoms with Gasteiger partial charge in [0.25, 0.3) is 5.69 Å². The summed E-state index contributed by atoms with van der Waals surface area (Å²) in [5.41, 5.74) is 0.734. The molecule has 0 heterocycles. The smallest absolute Gasteiger partial charge is 0.282 e. The van der Waals surface area contributed by atoms with Gasteiger partial charge in [-0.1, -0.05) is 13.0 Å². The Morgan fingerprint density at radius 2 is 2.21 bits per heavy atom. The first kappa shape index (κ1) is 14.9. The van der Waals surface area contributed by atoms with E-state index in [2.05, 4.69) is 6.58 Å². The van der Waals surface area contributed by atoms with Crippen LogP contribution in [0.2, 0.25) is 0 Å². The number of hydrogen-bond acceptors (Lipinski definition) is 4. The first-order valence-electron chi connectivity index (χ1n) is 6.16. The van der Waals surface area contributed by atoms with Crippen LogP contribution in [0.15, 0.2) is 30.9 Å². The minimum atomic E-state index is -0.516. The molecule has 0 unspecified atom stereocenters. The number of anilines is 1. The normalized spacial score (nSPS) is 10.0. The zero-order valence-electron chi connectivity index (χ0n) is 11.3. The average molecular weight is 262 g/mol. The Hall–Kier alpha value is -2.17. The molecule has 5 nitrogen and oxygen atoms in total. The Bertz CT molecular complexity index is 497. The molecule has 0 atom stereocenters. The largest absolute Gasteiger partial charge is 0.368 e. The highest BCUT2D eigenvalue weighted by molar-refractivity contribution is 5.98. The van der Waals surface area contributed by atoms with Gasteiger partial charge in [-0.15, -0.1) is 6.58 Å². The van der Waals surface area contributed by atoms with Gasteiger partial charge in [0, 0.05) is 24.8 Å². The molecule has 1 aromatic rings. The third-order valence-corrected chi connectivity index (χ3v) is 2.77. The Morgan fingerprint density at radius 1 is 1.53 bits per heavy atom. The van der Waals surface area contributed by atoms with Gasteiger partial charge in [0.1, 0.15) is 0 Å². The summed E-state index contributed by atoms with van der Waals surface area (Å²) < 4.78 is 0. The van der Waals surface area contributed by atoms with Crippen LogP contribution in [0.1, 0.15) is 30.6 Å². The van der Waals surface area contributed by atoms with Gasteiger partial charge in [-0.05, 0) is 25.5 Å². The molecule has 0 aromatic heterocycles. The molecule has 0 saturated heterocycles. The zero-order valence-corrected chi connectivity index (χ0v) is 11.3. The number of hydrogen-bond donors (Lipinski definition) is 0. The van der Waals surface area contributed by atoms with Crippen molar-refractivity contribution in [3.05, 3.63) is 46.5 Å². The van der Waals surface area contributed by atoms with Crippen molar-refractivity contribution in [1.82, 2.24) is 0 Å². The van der Waals surface area contributed by atoms with Crippen LogP contribution < -0.4 is 4.90 Å². The number of rotatable bonds is 7. The van der Waals surface area contributed by atoms with E-state index in [4.69, 9.17) is 0 Å². The Morgan fingerprint density at radius 3 is 2.68 bits per heavy atom. The van der Waals surface area contributed by atoms with Crippen LogP contribution in [-0.4, -0.2) is 23.8 Å². The van der Waals surface area contributed by atoms with Crippen molar-refractivity contribution in [3.63, 3.8) is 0 Å². The summed E-state index contributed by atoms with van der Waals surface area (Å²) in [5.74, 6) is -0.302. The van der Waals surface area contributed by atoms with E-state index in [1.54, 1.807) is 12.1 Å². The molecule has 0 fully saturated rings. The monoisotopic (exact) mass is 262 g/mol. The van der Waals surface area contributed by atoms with Gasteiger partial charge in [0.15, 0.2) is 5.78 Å². The molecule has 0 aliphatic rings. The lowest BCUT2D eigenvalue weighted by Gasteiger charge is -2.22. The molecule has 1 rings (SSSR count). The van der Waals surface area contributed by atoms with Crippen LogP contribution in [-0.2, 0) is 0 Å². The van der Waals surface area contributed by atoms with Gasteiger partial charge in [-0.3, -0.25) is 14.9 Å². The summed E-state index contributed by atoms with van der Waals surface area (Å²) in [4.78, 5) is 23.9. The number of carbonyl (C=O) groups is 1. The van der Waals surface area contributed by atoms with Crippen LogP contribution in [0.3, 0.4) is 0 Å². The SMILES string of the molecule is C=CCN(CCC)c1ccc(C(C)=O)c([N+](=O)[O-])c1. The number of Topliss-reactive ketones (excluding diaryl/α,β-unsaturated/α-hetero) is 1. The van der Waals surface area contributed by atoms with Crippen molar-refractivity contribution in [2.24, 2.45) is 0 Å². The highest BCUT2D eigenvalue weighted by Gasteiger charge is 2.19. The van der Waals surface area contributed by atoms with Crippen molar-refractivity contribution in [2.45, 2.75) is 20.3 Å². The minimum absolute atomic E-state index is 0.142. The summed E-state index contributed by atoms with van der Waals surface area (Å²) in [6.07, 6.45) is 2.68. The van der Waals surface area contributed by atoms with Crippen LogP contribution in [0.5, 0.6) is 0 Å². The van der Waals surface area contributed by atoms with E-state index in [0.29, 0.717) is 6.54 Å². The third kappa shape index (κ3) is 3.64. The fourth-order valence-electron chi connectivity index (χ4n) is 1.92. The Kier molecular flexibility index (Phi) is 5.23. The number of carbonyl (C=O) groups excluding carboxylic acids is 1. The van der Waals surface area contributed by atoms with Crippen LogP contribution >= 0.6 is 0 Å². The molecule has 5 heteroatoms. The summed E-state index contributed by atoms with van der Waals surface area (Å²) in [7, 11) is 0. The first-order valence-corrected chi connectivity index (χ1v) is 6.16. The number of nitrogens with zero attached hydrogens (tertiary/aromatic N) is 2. The predicted molar refractivity (Wildman–Crippen MR) is 75.8 cm³/mol. The van der Waals surface area contributed by atoms with Gasteiger partial charge in [0.05, 0.1) is 10.5 Å². The molecule has 0 amide bonds. The Labute approximate surface area is 112 Å². The van der Waals surface area contributed by atoms with E-state index in [-0.39, 0.29) is 17.0 Å². The van der Waals surface area contributed by atoms with Crippen LogP contribution in [0.25, 0.3) is 0 Å². The number of nitro benzene ring substituents is 1. The first-order chi connectivity index (χ1) is 9.01. The van der Waals surface area contributed by atoms with E-state index in [1.165, 1.54) is 19.1 Å². The average Bonchev–Trinajstić information content (AvgIpc) is 2.37. The standard InChI is InChI=1S/C14H18N2O3/c1-4-8-15(9-5-2)12-6-7-13(11(3)17)14(10-12)16(18)19/h4,6-7,10H,1,5,8-9H2,2-3H3. The molecule has 0 bridgehead atoms. The van der Waals surface area contributed by atoms with Crippen molar-refractivity contribution in [2.75, 3.05) is 18.0 Å². The second-order valence-corrected chi connectivity index (χ2v) is 4.25. The van der Waals surface area contributed by atoms with Crippen LogP contribution in [0, 0.1) is 10.1 Å². The number of nitro groups is 1. The van der Waals surface area contributed by atoms with Crippen molar-refractivity contribution < 1.29 is 9.72 Å². The second kappa shape index (κ2) is 6.68. The van der Waals surface area contributed by atoms with Gasteiger partial charge in [-0.25, -0.2) is 0 Å². The van der Waals surface area contributed by atoms with Crippen molar-refractivity contribution in [3.8, 4) is 0 Å². The Balaban J connectivity index is 3.22. The topological polar surface area (TPSA) is 63.5 Å². The van der Waals surface area contributed by atoms with E-state index in [1.807, 2.05) is 11.8 Å².